The van der Waals surface area contributed by atoms with E-state index < -0.39 is 0 Å². The van der Waals surface area contributed by atoms with Crippen LogP contribution in [0.5, 0.6) is 0 Å². The van der Waals surface area contributed by atoms with Gasteiger partial charge >= 0.3 is 0 Å². The lowest BCUT2D eigenvalue weighted by Gasteiger charge is -2.28. The van der Waals surface area contributed by atoms with Gasteiger partial charge < -0.3 is 5.32 Å². The summed E-state index contributed by atoms with van der Waals surface area (Å²) in [4.78, 5) is 23.8. The van der Waals surface area contributed by atoms with Crippen LogP contribution in [-0.2, 0) is 9.59 Å². The first kappa shape index (κ1) is 8.69. The summed E-state index contributed by atoms with van der Waals surface area (Å²) in [6, 6.07) is 0.219. The van der Waals surface area contributed by atoms with Crippen LogP contribution >= 0.6 is 0 Å². The first-order valence-corrected chi connectivity index (χ1v) is 4.75. The van der Waals surface area contributed by atoms with E-state index in [0.29, 0.717) is 12.5 Å². The van der Waals surface area contributed by atoms with E-state index in [1.807, 2.05) is 0 Å². The summed E-state index contributed by atoms with van der Waals surface area (Å²) in [6.45, 7) is 0. The molecule has 2 amide bonds. The summed E-state index contributed by atoms with van der Waals surface area (Å²) < 4.78 is 0. The third-order valence-electron chi connectivity index (χ3n) is 2.92. The number of likely N-dealkylation sites (tertiary alicyclic amines) is 1. The summed E-state index contributed by atoms with van der Waals surface area (Å²) in [5, 5.41) is 3.21. The molecule has 1 saturated carbocycles. The molecular formula is C9H14N2O2. The summed E-state index contributed by atoms with van der Waals surface area (Å²) in [7, 11) is 1.55. The van der Waals surface area contributed by atoms with Crippen LogP contribution in [0.25, 0.3) is 0 Å². The van der Waals surface area contributed by atoms with E-state index in [4.69, 9.17) is 0 Å². The molecule has 13 heavy (non-hydrogen) atoms. The lowest BCUT2D eigenvalue weighted by atomic mass is 9.92. The Balaban J connectivity index is 1.93. The highest BCUT2D eigenvalue weighted by molar-refractivity contribution is 6.05. The summed E-state index contributed by atoms with van der Waals surface area (Å²) >= 11 is 0. The number of likely N-dealkylation sites (N-methyl/N-ethyl adjacent to an activating group) is 1. The molecule has 1 atom stereocenters. The quantitative estimate of drug-likeness (QED) is 0.606. The van der Waals surface area contributed by atoms with Crippen LogP contribution < -0.4 is 5.32 Å². The van der Waals surface area contributed by atoms with Gasteiger partial charge in [0.25, 0.3) is 0 Å². The van der Waals surface area contributed by atoms with Crippen LogP contribution in [0.2, 0.25) is 0 Å². The fourth-order valence-corrected chi connectivity index (χ4v) is 1.75. The third kappa shape index (κ3) is 1.46. The SMILES string of the molecule is CN1C(=O)CC(NC2CCC2)C1=O. The third-order valence-corrected chi connectivity index (χ3v) is 2.92. The molecular weight excluding hydrogens is 168 g/mol. The number of hydrogen-bond donors (Lipinski definition) is 1. The monoisotopic (exact) mass is 182 g/mol. The molecule has 1 aliphatic heterocycles. The Bertz CT molecular complexity index is 248. The van der Waals surface area contributed by atoms with Gasteiger partial charge in [0, 0.05) is 13.1 Å². The zero-order valence-corrected chi connectivity index (χ0v) is 7.75. The zero-order valence-electron chi connectivity index (χ0n) is 7.75. The maximum atomic E-state index is 11.4. The van der Waals surface area contributed by atoms with Crippen molar-refractivity contribution in [2.24, 2.45) is 0 Å². The Kier molecular flexibility index (Phi) is 2.07. The van der Waals surface area contributed by atoms with Gasteiger partial charge in [-0.05, 0) is 12.8 Å². The molecule has 0 aromatic carbocycles. The van der Waals surface area contributed by atoms with Crippen LogP contribution in [0.4, 0.5) is 0 Å². The molecule has 2 fully saturated rings. The van der Waals surface area contributed by atoms with E-state index in [9.17, 15) is 9.59 Å². The normalized spacial score (nSPS) is 29.6. The van der Waals surface area contributed by atoms with Gasteiger partial charge in [-0.15, -0.1) is 0 Å². The summed E-state index contributed by atoms with van der Waals surface area (Å²) in [5.41, 5.74) is 0. The minimum absolute atomic E-state index is 0.0678. The standard InChI is InChI=1S/C9H14N2O2/c1-11-8(12)5-7(9(11)13)10-6-3-2-4-6/h6-7,10H,2-5H2,1H3. The molecule has 0 aromatic heterocycles. The molecule has 1 saturated heterocycles. The Morgan fingerprint density at radius 1 is 1.38 bits per heavy atom. The number of hydrogen-bond acceptors (Lipinski definition) is 3. The molecule has 1 heterocycles. The summed E-state index contributed by atoms with van der Waals surface area (Å²) in [5.74, 6) is -0.140. The number of nitrogens with one attached hydrogen (secondary N) is 1. The highest BCUT2D eigenvalue weighted by Gasteiger charge is 2.37. The smallest absolute Gasteiger partial charge is 0.246 e. The predicted molar refractivity (Wildman–Crippen MR) is 47.0 cm³/mol. The molecule has 4 heteroatoms. The number of carbonyl (C=O) groups is 2. The maximum Gasteiger partial charge on any atom is 0.246 e. The van der Waals surface area contributed by atoms with Gasteiger partial charge in [-0.1, -0.05) is 6.42 Å². The van der Waals surface area contributed by atoms with Crippen molar-refractivity contribution in [3.05, 3.63) is 0 Å². The lowest BCUT2D eigenvalue weighted by molar-refractivity contribution is -0.137. The van der Waals surface area contributed by atoms with Crippen molar-refractivity contribution in [2.75, 3.05) is 7.05 Å². The largest absolute Gasteiger partial charge is 0.303 e. The molecule has 1 N–H and O–H groups in total. The van der Waals surface area contributed by atoms with E-state index in [0.717, 1.165) is 12.8 Å². The Labute approximate surface area is 77.3 Å². The Morgan fingerprint density at radius 3 is 2.46 bits per heavy atom. The van der Waals surface area contributed by atoms with Gasteiger partial charge in [0.05, 0.1) is 12.5 Å². The second kappa shape index (κ2) is 3.10. The molecule has 0 spiro atoms. The van der Waals surface area contributed by atoms with Crippen molar-refractivity contribution in [1.29, 1.82) is 0 Å². The van der Waals surface area contributed by atoms with Crippen molar-refractivity contribution >= 4 is 11.8 Å². The second-order valence-electron chi connectivity index (χ2n) is 3.84. The fraction of sp³-hybridized carbons (Fsp3) is 0.778. The van der Waals surface area contributed by atoms with Crippen molar-refractivity contribution in [3.63, 3.8) is 0 Å². The predicted octanol–water partition coefficient (Wildman–Crippen LogP) is -0.114. The van der Waals surface area contributed by atoms with Crippen LogP contribution in [-0.4, -0.2) is 35.8 Å². The molecule has 4 nitrogen and oxygen atoms in total. The fourth-order valence-electron chi connectivity index (χ4n) is 1.75. The molecule has 1 aliphatic carbocycles. The van der Waals surface area contributed by atoms with E-state index >= 15 is 0 Å². The van der Waals surface area contributed by atoms with Crippen LogP contribution in [0.1, 0.15) is 25.7 Å². The van der Waals surface area contributed by atoms with Crippen molar-refractivity contribution in [2.45, 2.75) is 37.8 Å². The number of imide groups is 1. The van der Waals surface area contributed by atoms with Crippen LogP contribution in [0, 0.1) is 0 Å². The lowest BCUT2D eigenvalue weighted by Crippen LogP contribution is -2.45. The second-order valence-corrected chi connectivity index (χ2v) is 3.84. The number of rotatable bonds is 2. The number of carbonyl (C=O) groups excluding carboxylic acids is 2. The maximum absolute atomic E-state index is 11.4. The highest BCUT2D eigenvalue weighted by atomic mass is 16.2. The Hall–Kier alpha value is -0.900. The molecule has 0 bridgehead atoms. The van der Waals surface area contributed by atoms with E-state index in [-0.39, 0.29) is 17.9 Å². The first-order chi connectivity index (χ1) is 6.18. The van der Waals surface area contributed by atoms with E-state index in [2.05, 4.69) is 5.32 Å². The van der Waals surface area contributed by atoms with E-state index in [1.54, 1.807) is 7.05 Å². The Morgan fingerprint density at radius 2 is 2.08 bits per heavy atom. The molecule has 72 valence electrons. The first-order valence-electron chi connectivity index (χ1n) is 4.75. The van der Waals surface area contributed by atoms with Crippen molar-refractivity contribution < 1.29 is 9.59 Å². The minimum atomic E-state index is -0.247. The van der Waals surface area contributed by atoms with Gasteiger partial charge in [-0.2, -0.15) is 0 Å². The van der Waals surface area contributed by atoms with Crippen molar-refractivity contribution in [3.8, 4) is 0 Å². The highest BCUT2D eigenvalue weighted by Crippen LogP contribution is 2.21. The number of nitrogens with zero attached hydrogens (tertiary/aromatic N) is 1. The van der Waals surface area contributed by atoms with Gasteiger partial charge in [0.2, 0.25) is 11.8 Å². The zero-order chi connectivity index (χ0) is 9.42. The average molecular weight is 182 g/mol. The minimum Gasteiger partial charge on any atom is -0.303 e. The van der Waals surface area contributed by atoms with Crippen molar-refractivity contribution in [1.82, 2.24) is 10.2 Å². The van der Waals surface area contributed by atoms with Crippen LogP contribution in [0.15, 0.2) is 0 Å². The van der Waals surface area contributed by atoms with Crippen LogP contribution in [0.3, 0.4) is 0 Å². The molecule has 2 aliphatic rings. The van der Waals surface area contributed by atoms with Gasteiger partial charge in [-0.3, -0.25) is 14.5 Å². The molecule has 1 unspecified atom stereocenters. The van der Waals surface area contributed by atoms with E-state index in [1.165, 1.54) is 11.3 Å². The molecule has 0 radical (unpaired) electrons. The topological polar surface area (TPSA) is 49.4 Å². The van der Waals surface area contributed by atoms with Gasteiger partial charge in [-0.25, -0.2) is 0 Å². The van der Waals surface area contributed by atoms with Gasteiger partial charge in [0.1, 0.15) is 0 Å². The number of amides is 2. The molecule has 0 aromatic rings. The van der Waals surface area contributed by atoms with Gasteiger partial charge in [0.15, 0.2) is 0 Å². The molecule has 2 rings (SSSR count). The summed E-state index contributed by atoms with van der Waals surface area (Å²) in [6.07, 6.45) is 3.86. The average Bonchev–Trinajstić information content (AvgIpc) is 2.26.